The molecule has 2 amide bonds. The maximum absolute atomic E-state index is 12.6. The molecule has 2 aromatic rings. The lowest BCUT2D eigenvalue weighted by Crippen LogP contribution is -2.35. The molecule has 1 aliphatic rings. The Bertz CT molecular complexity index is 906. The number of ether oxygens (including phenoxy) is 1. The minimum atomic E-state index is -0.508. The Labute approximate surface area is 151 Å². The highest BCUT2D eigenvalue weighted by Gasteiger charge is 2.34. The molecule has 0 aromatic heterocycles. The van der Waals surface area contributed by atoms with Crippen molar-refractivity contribution >= 4 is 42.9 Å². The van der Waals surface area contributed by atoms with Crippen LogP contribution >= 0.6 is 0 Å². The average molecular weight is 346 g/mol. The number of amides is 2. The first kappa shape index (κ1) is 17.5. The Balaban J connectivity index is 1.84. The largest absolute Gasteiger partial charge is 0.462 e. The first-order valence-corrected chi connectivity index (χ1v) is 7.99. The monoisotopic (exact) mass is 346 g/mol. The Kier molecular flexibility index (Phi) is 4.88. The molecule has 0 saturated carbocycles. The van der Waals surface area contributed by atoms with E-state index in [4.69, 9.17) is 12.6 Å². The normalized spacial score (nSPS) is 15.3. The topological polar surface area (TPSA) is 75.7 Å². The van der Waals surface area contributed by atoms with E-state index in [1.165, 1.54) is 18.2 Å². The number of hydrogen-bond donors (Lipinski definition) is 1. The van der Waals surface area contributed by atoms with Crippen molar-refractivity contribution in [3.05, 3.63) is 65.2 Å². The molecule has 26 heavy (non-hydrogen) atoms. The molecule has 2 radical (unpaired) electrons. The maximum atomic E-state index is 12.6. The highest BCUT2D eigenvalue weighted by atomic mass is 16.5. The number of esters is 1. The van der Waals surface area contributed by atoms with Crippen LogP contribution < -0.4 is 15.9 Å². The van der Waals surface area contributed by atoms with Crippen molar-refractivity contribution in [2.24, 2.45) is 0 Å². The zero-order valence-corrected chi connectivity index (χ0v) is 14.1. The molecule has 1 aliphatic heterocycles. The second kappa shape index (κ2) is 7.27. The van der Waals surface area contributed by atoms with Crippen LogP contribution in [-0.4, -0.2) is 32.2 Å². The second-order valence-corrected chi connectivity index (χ2v) is 5.58. The number of nitrogens with zero attached hydrogens (tertiary/aromatic N) is 1. The third-order valence-corrected chi connectivity index (χ3v) is 3.75. The standard InChI is InChI=1S/C19H15BN2O4/c1-2-26-19(25)13-6-8-15(9-7-13)22-18(24)16(17(23)21-22)11-12-4-3-5-14(20)10-12/h3-11H,2H2,1H3,(H,21,23)/b16-11-. The first-order chi connectivity index (χ1) is 12.5. The van der Waals surface area contributed by atoms with E-state index in [1.807, 2.05) is 0 Å². The number of hydrogen-bond acceptors (Lipinski definition) is 4. The minimum absolute atomic E-state index is 0.00469. The van der Waals surface area contributed by atoms with Crippen molar-refractivity contribution in [2.75, 3.05) is 11.6 Å². The summed E-state index contributed by atoms with van der Waals surface area (Å²) in [6.45, 7) is 2.00. The molecule has 1 heterocycles. The van der Waals surface area contributed by atoms with Crippen molar-refractivity contribution in [1.29, 1.82) is 0 Å². The predicted octanol–water partition coefficient (Wildman–Crippen LogP) is 1.12. The first-order valence-electron chi connectivity index (χ1n) is 7.99. The maximum Gasteiger partial charge on any atom is 0.338 e. The van der Waals surface area contributed by atoms with Gasteiger partial charge in [0, 0.05) is 0 Å². The van der Waals surface area contributed by atoms with Crippen LogP contribution in [0.2, 0.25) is 0 Å². The fourth-order valence-corrected chi connectivity index (χ4v) is 2.52. The number of benzene rings is 2. The lowest BCUT2D eigenvalue weighted by molar-refractivity contribution is -0.117. The fourth-order valence-electron chi connectivity index (χ4n) is 2.52. The van der Waals surface area contributed by atoms with E-state index in [0.29, 0.717) is 22.3 Å². The van der Waals surface area contributed by atoms with Crippen LogP contribution in [0.5, 0.6) is 0 Å². The Morgan fingerprint density at radius 3 is 2.58 bits per heavy atom. The molecule has 0 unspecified atom stereocenters. The van der Waals surface area contributed by atoms with Gasteiger partial charge >= 0.3 is 5.97 Å². The molecule has 1 fully saturated rings. The van der Waals surface area contributed by atoms with Gasteiger partial charge in [-0.2, -0.15) is 0 Å². The molecule has 7 heteroatoms. The summed E-state index contributed by atoms with van der Waals surface area (Å²) < 4.78 is 4.92. The molecule has 0 aliphatic carbocycles. The zero-order chi connectivity index (χ0) is 18.7. The van der Waals surface area contributed by atoms with Crippen molar-refractivity contribution in [2.45, 2.75) is 6.92 Å². The summed E-state index contributed by atoms with van der Waals surface area (Å²) >= 11 is 0. The molecule has 6 nitrogen and oxygen atoms in total. The number of nitrogens with one attached hydrogen (secondary N) is 1. The van der Waals surface area contributed by atoms with Crippen LogP contribution in [0.3, 0.4) is 0 Å². The molecule has 1 saturated heterocycles. The summed E-state index contributed by atoms with van der Waals surface area (Å²) in [4.78, 5) is 36.4. The number of carbonyl (C=O) groups excluding carboxylic acids is 3. The molecule has 0 atom stereocenters. The van der Waals surface area contributed by atoms with Gasteiger partial charge in [0.25, 0.3) is 11.8 Å². The third-order valence-electron chi connectivity index (χ3n) is 3.75. The van der Waals surface area contributed by atoms with Gasteiger partial charge in [-0.3, -0.25) is 15.0 Å². The fraction of sp³-hybridized carbons (Fsp3) is 0.105. The lowest BCUT2D eigenvalue weighted by atomic mass is 9.94. The molecule has 2 aromatic carbocycles. The summed E-state index contributed by atoms with van der Waals surface area (Å²) in [5.74, 6) is -1.44. The number of rotatable bonds is 4. The van der Waals surface area contributed by atoms with Gasteiger partial charge in [-0.15, -0.1) is 0 Å². The van der Waals surface area contributed by atoms with Gasteiger partial charge in [-0.25, -0.2) is 9.80 Å². The summed E-state index contributed by atoms with van der Waals surface area (Å²) in [5, 5.41) is 1.13. The van der Waals surface area contributed by atoms with Gasteiger partial charge in [-0.05, 0) is 42.8 Å². The molecule has 3 rings (SSSR count). The predicted molar refractivity (Wildman–Crippen MR) is 97.8 cm³/mol. The van der Waals surface area contributed by atoms with E-state index < -0.39 is 17.8 Å². The summed E-state index contributed by atoms with van der Waals surface area (Å²) in [6, 6.07) is 13.1. The van der Waals surface area contributed by atoms with Crippen LogP contribution in [-0.2, 0) is 14.3 Å². The van der Waals surface area contributed by atoms with Crippen LogP contribution in [0.4, 0.5) is 5.69 Å². The van der Waals surface area contributed by atoms with Gasteiger partial charge in [0.2, 0.25) is 0 Å². The van der Waals surface area contributed by atoms with Crippen molar-refractivity contribution in [1.82, 2.24) is 5.43 Å². The van der Waals surface area contributed by atoms with E-state index in [0.717, 1.165) is 5.01 Å². The highest BCUT2D eigenvalue weighted by Crippen LogP contribution is 2.22. The van der Waals surface area contributed by atoms with Crippen LogP contribution in [0, 0.1) is 0 Å². The number of hydrazine groups is 1. The highest BCUT2D eigenvalue weighted by molar-refractivity contribution is 6.33. The van der Waals surface area contributed by atoms with E-state index in [-0.39, 0.29) is 12.2 Å². The average Bonchev–Trinajstić information content (AvgIpc) is 2.90. The third kappa shape index (κ3) is 3.51. The molecular formula is C19H15BN2O4. The summed E-state index contributed by atoms with van der Waals surface area (Å²) in [7, 11) is 5.72. The number of carbonyl (C=O) groups is 3. The summed E-state index contributed by atoms with van der Waals surface area (Å²) in [6.07, 6.45) is 1.49. The SMILES string of the molecule is [B]c1cccc(/C=C2/C(=O)NN(c3ccc(C(=O)OCC)cc3)C2=O)c1. The Hall–Kier alpha value is -3.35. The zero-order valence-electron chi connectivity index (χ0n) is 14.1. The van der Waals surface area contributed by atoms with E-state index in [2.05, 4.69) is 5.43 Å². The van der Waals surface area contributed by atoms with Crippen LogP contribution in [0.15, 0.2) is 54.1 Å². The van der Waals surface area contributed by atoms with Crippen LogP contribution in [0.25, 0.3) is 6.08 Å². The lowest BCUT2D eigenvalue weighted by Gasteiger charge is -2.14. The Morgan fingerprint density at radius 1 is 1.19 bits per heavy atom. The van der Waals surface area contributed by atoms with Gasteiger partial charge in [0.05, 0.1) is 17.9 Å². The van der Waals surface area contributed by atoms with Crippen molar-refractivity contribution in [3.8, 4) is 0 Å². The summed E-state index contributed by atoms with van der Waals surface area (Å²) in [5.41, 5.74) is 4.51. The molecule has 128 valence electrons. The Morgan fingerprint density at radius 2 is 1.92 bits per heavy atom. The second-order valence-electron chi connectivity index (χ2n) is 5.58. The smallest absolute Gasteiger partial charge is 0.338 e. The quantitative estimate of drug-likeness (QED) is 0.390. The minimum Gasteiger partial charge on any atom is -0.462 e. The molecule has 0 spiro atoms. The van der Waals surface area contributed by atoms with Gasteiger partial charge in [0.15, 0.2) is 0 Å². The van der Waals surface area contributed by atoms with E-state index in [1.54, 1.807) is 43.3 Å². The van der Waals surface area contributed by atoms with Gasteiger partial charge < -0.3 is 4.74 Å². The van der Waals surface area contributed by atoms with Gasteiger partial charge in [0.1, 0.15) is 13.4 Å². The number of anilines is 1. The molecule has 0 bridgehead atoms. The van der Waals surface area contributed by atoms with Crippen molar-refractivity contribution in [3.63, 3.8) is 0 Å². The molecule has 1 N–H and O–H groups in total. The van der Waals surface area contributed by atoms with Gasteiger partial charge in [-0.1, -0.05) is 29.7 Å². The van der Waals surface area contributed by atoms with Crippen molar-refractivity contribution < 1.29 is 19.1 Å². The van der Waals surface area contributed by atoms with E-state index in [9.17, 15) is 14.4 Å². The van der Waals surface area contributed by atoms with Crippen LogP contribution in [0.1, 0.15) is 22.8 Å². The molecular weight excluding hydrogens is 331 g/mol. The van der Waals surface area contributed by atoms with E-state index >= 15 is 0 Å².